The lowest BCUT2D eigenvalue weighted by atomic mass is 10.3. The fourth-order valence-electron chi connectivity index (χ4n) is 2.48. The molecule has 2 nitrogen and oxygen atoms in total. The topological polar surface area (TPSA) is 29.5 Å². The second-order valence-electron chi connectivity index (χ2n) is 4.20. The van der Waals surface area contributed by atoms with Crippen LogP contribution < -0.4 is 9.92 Å². The first-order valence-corrected chi connectivity index (χ1v) is 8.63. The Morgan fingerprint density at radius 3 is 2.12 bits per heavy atom. The van der Waals surface area contributed by atoms with Crippen molar-refractivity contribution in [1.29, 1.82) is 0 Å². The van der Waals surface area contributed by atoms with E-state index in [0.717, 1.165) is 0 Å². The van der Waals surface area contributed by atoms with Crippen LogP contribution in [0.5, 0.6) is 11.5 Å². The zero-order valence-corrected chi connectivity index (χ0v) is 11.7. The average molecular weight is 238 g/mol. The van der Waals surface area contributed by atoms with Crippen molar-refractivity contribution in [2.45, 2.75) is 38.9 Å². The maximum absolute atomic E-state index is 9.84. The molecule has 3 heteroatoms. The number of benzene rings is 1. The summed E-state index contributed by atoms with van der Waals surface area (Å²) in [6.07, 6.45) is 0. The maximum Gasteiger partial charge on any atom is 0.159 e. The van der Waals surface area contributed by atoms with Crippen LogP contribution in [0, 0.1) is 0 Å². The Kier molecular flexibility index (Phi) is 4.41. The minimum atomic E-state index is -1.48. The first-order chi connectivity index (χ1) is 7.65. The third-order valence-electron chi connectivity index (χ3n) is 3.80. The molecule has 0 unspecified atom stereocenters. The van der Waals surface area contributed by atoms with Gasteiger partial charge in [0.2, 0.25) is 0 Å². The van der Waals surface area contributed by atoms with Gasteiger partial charge in [-0.3, -0.25) is 0 Å². The fourth-order valence-corrected chi connectivity index (χ4v) is 6.28. The Hall–Kier alpha value is -0.963. The summed E-state index contributed by atoms with van der Waals surface area (Å²) in [7, 11) is 0.162. The summed E-state index contributed by atoms with van der Waals surface area (Å²) in [6.45, 7) is 6.76. The van der Waals surface area contributed by atoms with Crippen molar-refractivity contribution in [3.05, 3.63) is 18.2 Å². The molecule has 0 aliphatic rings. The van der Waals surface area contributed by atoms with Gasteiger partial charge in [0, 0.05) is 0 Å². The van der Waals surface area contributed by atoms with Gasteiger partial charge in [-0.15, -0.1) is 0 Å². The zero-order chi connectivity index (χ0) is 12.2. The van der Waals surface area contributed by atoms with E-state index in [2.05, 4.69) is 26.8 Å². The van der Waals surface area contributed by atoms with Crippen molar-refractivity contribution in [2.75, 3.05) is 7.11 Å². The number of para-hydroxylation sites is 1. The molecule has 0 aliphatic carbocycles. The number of hydrogen-bond donors (Lipinski definition) is 1. The van der Waals surface area contributed by atoms with E-state index in [-0.39, 0.29) is 5.75 Å². The second kappa shape index (κ2) is 5.39. The molecular formula is C13H22O2Si. The van der Waals surface area contributed by atoms with Crippen LogP contribution in [0.2, 0.25) is 18.1 Å². The fraction of sp³-hybridized carbons (Fsp3) is 0.538. The average Bonchev–Trinajstić information content (AvgIpc) is 2.32. The minimum absolute atomic E-state index is 0.271. The first-order valence-electron chi connectivity index (χ1n) is 6.01. The summed E-state index contributed by atoms with van der Waals surface area (Å²) in [6, 6.07) is 9.33. The number of phenols is 1. The lowest BCUT2D eigenvalue weighted by Gasteiger charge is -2.30. The van der Waals surface area contributed by atoms with Gasteiger partial charge in [0.15, 0.2) is 11.5 Å². The van der Waals surface area contributed by atoms with Crippen LogP contribution >= 0.6 is 0 Å². The highest BCUT2D eigenvalue weighted by Gasteiger charge is 2.32. The van der Waals surface area contributed by atoms with Gasteiger partial charge in [-0.25, -0.2) is 0 Å². The molecule has 1 rings (SSSR count). The van der Waals surface area contributed by atoms with Gasteiger partial charge in [0.05, 0.1) is 15.2 Å². The summed E-state index contributed by atoms with van der Waals surface area (Å²) in [5.74, 6) is 0.965. The number of methoxy groups -OCH3 is 1. The van der Waals surface area contributed by atoms with Gasteiger partial charge in [0.1, 0.15) is 0 Å². The van der Waals surface area contributed by atoms with Crippen molar-refractivity contribution < 1.29 is 9.84 Å². The van der Waals surface area contributed by atoms with Crippen molar-refractivity contribution in [3.8, 4) is 11.5 Å². The van der Waals surface area contributed by atoms with Crippen LogP contribution in [0.25, 0.3) is 0 Å². The Balaban J connectivity index is 3.34. The second-order valence-corrected chi connectivity index (χ2v) is 9.42. The van der Waals surface area contributed by atoms with Crippen LogP contribution in [0.15, 0.2) is 18.2 Å². The van der Waals surface area contributed by atoms with Crippen LogP contribution in [0.1, 0.15) is 20.8 Å². The molecule has 0 amide bonds. The summed E-state index contributed by atoms with van der Waals surface area (Å²) in [4.78, 5) is 0. The normalized spacial score (nSPS) is 11.5. The van der Waals surface area contributed by atoms with E-state index >= 15 is 0 Å². The lowest BCUT2D eigenvalue weighted by molar-refractivity contribution is 0.376. The molecule has 0 bridgehead atoms. The Morgan fingerprint density at radius 1 is 1.12 bits per heavy atom. The van der Waals surface area contributed by atoms with E-state index in [1.165, 1.54) is 23.3 Å². The van der Waals surface area contributed by atoms with Crippen LogP contribution in [0.4, 0.5) is 0 Å². The number of ether oxygens (including phenoxy) is 1. The summed E-state index contributed by atoms with van der Waals surface area (Å²) >= 11 is 0. The van der Waals surface area contributed by atoms with Gasteiger partial charge in [0.25, 0.3) is 0 Å². The van der Waals surface area contributed by atoms with Crippen LogP contribution in [0.3, 0.4) is 0 Å². The highest BCUT2D eigenvalue weighted by molar-refractivity contribution is 6.92. The predicted molar refractivity (Wildman–Crippen MR) is 71.5 cm³/mol. The first kappa shape index (κ1) is 13.1. The van der Waals surface area contributed by atoms with E-state index in [9.17, 15) is 5.11 Å². The molecule has 1 N–H and O–H groups in total. The smallest absolute Gasteiger partial charge is 0.159 e. The molecular weight excluding hydrogens is 216 g/mol. The van der Waals surface area contributed by atoms with Gasteiger partial charge in [-0.1, -0.05) is 51.0 Å². The molecule has 1 aromatic carbocycles. The zero-order valence-electron chi connectivity index (χ0n) is 10.7. The Morgan fingerprint density at radius 2 is 1.69 bits per heavy atom. The molecule has 0 saturated carbocycles. The van der Waals surface area contributed by atoms with Crippen molar-refractivity contribution >= 4 is 13.3 Å². The molecule has 0 saturated heterocycles. The van der Waals surface area contributed by atoms with Crippen LogP contribution in [-0.2, 0) is 0 Å². The number of aromatic hydroxyl groups is 1. The SMILES string of the molecule is CC[Si](CC)(CC)c1cccc(O)c1OC. The predicted octanol–water partition coefficient (Wildman–Crippen LogP) is 3.12. The number of hydrogen-bond acceptors (Lipinski definition) is 2. The van der Waals surface area contributed by atoms with Gasteiger partial charge in [-0.05, 0) is 11.3 Å². The number of rotatable bonds is 5. The highest BCUT2D eigenvalue weighted by Crippen LogP contribution is 2.30. The van der Waals surface area contributed by atoms with Crippen molar-refractivity contribution in [3.63, 3.8) is 0 Å². The van der Waals surface area contributed by atoms with E-state index in [0.29, 0.717) is 5.75 Å². The lowest BCUT2D eigenvalue weighted by Crippen LogP contribution is -2.46. The molecule has 0 spiro atoms. The molecule has 90 valence electrons. The summed E-state index contributed by atoms with van der Waals surface area (Å²) in [5, 5.41) is 11.1. The quantitative estimate of drug-likeness (QED) is 0.799. The molecule has 1 aromatic rings. The van der Waals surface area contributed by atoms with Crippen LogP contribution in [-0.4, -0.2) is 20.3 Å². The van der Waals surface area contributed by atoms with E-state index in [1.807, 2.05) is 6.07 Å². The third-order valence-corrected chi connectivity index (χ3v) is 9.40. The largest absolute Gasteiger partial charge is 0.504 e. The van der Waals surface area contributed by atoms with E-state index in [1.54, 1.807) is 13.2 Å². The number of phenolic OH excluding ortho intramolecular Hbond substituents is 1. The maximum atomic E-state index is 9.84. The molecule has 0 atom stereocenters. The molecule has 0 fully saturated rings. The monoisotopic (exact) mass is 238 g/mol. The molecule has 0 radical (unpaired) electrons. The molecule has 0 heterocycles. The molecule has 0 aromatic heterocycles. The van der Waals surface area contributed by atoms with Gasteiger partial charge >= 0.3 is 0 Å². The van der Waals surface area contributed by atoms with Gasteiger partial charge in [-0.2, -0.15) is 0 Å². The van der Waals surface area contributed by atoms with Gasteiger partial charge < -0.3 is 9.84 Å². The molecule has 0 aliphatic heterocycles. The summed E-state index contributed by atoms with van der Waals surface area (Å²) in [5.41, 5.74) is 0. The van der Waals surface area contributed by atoms with Crippen molar-refractivity contribution in [2.24, 2.45) is 0 Å². The van der Waals surface area contributed by atoms with Crippen molar-refractivity contribution in [1.82, 2.24) is 0 Å². The molecule has 16 heavy (non-hydrogen) atoms. The Bertz CT molecular complexity index is 338. The third kappa shape index (κ3) is 2.09. The standard InChI is InChI=1S/C13H22O2Si/c1-5-16(6-2,7-3)12-10-8-9-11(14)13(12)15-4/h8-10,14H,5-7H2,1-4H3. The highest BCUT2D eigenvalue weighted by atomic mass is 28.3. The summed E-state index contributed by atoms with van der Waals surface area (Å²) < 4.78 is 5.37. The van der Waals surface area contributed by atoms with E-state index in [4.69, 9.17) is 4.74 Å². The Labute approximate surface area is 99.3 Å². The minimum Gasteiger partial charge on any atom is -0.504 e. The van der Waals surface area contributed by atoms with E-state index < -0.39 is 8.07 Å².